The Hall–Kier alpha value is -0.0800. The van der Waals surface area contributed by atoms with Crippen LogP contribution in [0.25, 0.3) is 0 Å². The molecule has 0 aliphatic heterocycles. The second-order valence-corrected chi connectivity index (χ2v) is 7.98. The molecule has 0 amide bonds. The summed E-state index contributed by atoms with van der Waals surface area (Å²) in [6.07, 6.45) is 8.34. The van der Waals surface area contributed by atoms with Gasteiger partial charge in [0.15, 0.2) is 0 Å². The highest BCUT2D eigenvalue weighted by atomic mass is 15.1. The van der Waals surface area contributed by atoms with Gasteiger partial charge in [-0.05, 0) is 75.3 Å². The third kappa shape index (κ3) is 5.56. The molecule has 2 saturated carbocycles. The zero-order valence-corrected chi connectivity index (χ0v) is 14.9. The third-order valence-electron chi connectivity index (χ3n) is 5.56. The summed E-state index contributed by atoms with van der Waals surface area (Å²) in [6.45, 7) is 14.8. The second kappa shape index (κ2) is 8.53. The first-order chi connectivity index (χ1) is 10.1. The van der Waals surface area contributed by atoms with Gasteiger partial charge in [-0.15, -0.1) is 0 Å². The molecule has 124 valence electrons. The summed E-state index contributed by atoms with van der Waals surface area (Å²) in [5.74, 6) is 3.66. The van der Waals surface area contributed by atoms with Gasteiger partial charge in [-0.2, -0.15) is 0 Å². The Bertz CT molecular complexity index is 287. The maximum atomic E-state index is 3.87. The van der Waals surface area contributed by atoms with E-state index < -0.39 is 0 Å². The Morgan fingerprint density at radius 1 is 1.00 bits per heavy atom. The highest BCUT2D eigenvalue weighted by Crippen LogP contribution is 2.36. The lowest BCUT2D eigenvalue weighted by Crippen LogP contribution is -2.49. The van der Waals surface area contributed by atoms with Gasteiger partial charge in [0.1, 0.15) is 0 Å². The average molecular weight is 295 g/mol. The molecule has 2 fully saturated rings. The van der Waals surface area contributed by atoms with Crippen molar-refractivity contribution >= 4 is 0 Å². The number of nitrogens with one attached hydrogen (secondary N) is 1. The quantitative estimate of drug-likeness (QED) is 0.687. The Balaban J connectivity index is 1.93. The predicted molar refractivity (Wildman–Crippen MR) is 92.6 cm³/mol. The summed E-state index contributed by atoms with van der Waals surface area (Å²) in [7, 11) is 0. The Morgan fingerprint density at radius 3 is 2.38 bits per heavy atom. The molecule has 0 aromatic rings. The molecule has 0 saturated heterocycles. The van der Waals surface area contributed by atoms with Gasteiger partial charge in [-0.1, -0.05) is 27.7 Å². The van der Waals surface area contributed by atoms with E-state index in [0.717, 1.165) is 29.7 Å². The minimum Gasteiger partial charge on any atom is -0.314 e. The maximum Gasteiger partial charge on any atom is 0.0113 e. The molecular weight excluding hydrogens is 256 g/mol. The molecule has 4 unspecified atom stereocenters. The van der Waals surface area contributed by atoms with Gasteiger partial charge in [0.25, 0.3) is 0 Å². The first-order valence-electron chi connectivity index (χ1n) is 9.59. The van der Waals surface area contributed by atoms with Gasteiger partial charge in [-0.3, -0.25) is 0 Å². The molecule has 1 N–H and O–H groups in total. The summed E-state index contributed by atoms with van der Waals surface area (Å²) in [5, 5.41) is 3.87. The highest BCUT2D eigenvalue weighted by molar-refractivity contribution is 4.90. The van der Waals surface area contributed by atoms with Crippen molar-refractivity contribution in [3.63, 3.8) is 0 Å². The molecule has 0 aromatic heterocycles. The van der Waals surface area contributed by atoms with Gasteiger partial charge < -0.3 is 10.2 Å². The Morgan fingerprint density at radius 2 is 1.76 bits per heavy atom. The molecule has 0 aromatic carbocycles. The molecule has 4 atom stereocenters. The van der Waals surface area contributed by atoms with Crippen LogP contribution in [0.2, 0.25) is 0 Å². The van der Waals surface area contributed by atoms with E-state index in [-0.39, 0.29) is 0 Å². The molecule has 0 bridgehead atoms. The molecule has 2 heteroatoms. The fraction of sp³-hybridized carbons (Fsp3) is 1.00. The van der Waals surface area contributed by atoms with Crippen molar-refractivity contribution in [1.82, 2.24) is 10.2 Å². The van der Waals surface area contributed by atoms with E-state index in [9.17, 15) is 0 Å². The predicted octanol–water partition coefficient (Wildman–Crippen LogP) is 4.16. The molecule has 2 nitrogen and oxygen atoms in total. The second-order valence-electron chi connectivity index (χ2n) is 7.98. The molecule has 2 rings (SSSR count). The lowest BCUT2D eigenvalue weighted by molar-refractivity contribution is 0.0985. The van der Waals surface area contributed by atoms with Crippen LogP contribution in [0.4, 0.5) is 0 Å². The van der Waals surface area contributed by atoms with E-state index in [1.165, 1.54) is 64.7 Å². The Kier molecular flexibility index (Phi) is 7.01. The molecule has 0 heterocycles. The van der Waals surface area contributed by atoms with Gasteiger partial charge in [0.05, 0.1) is 0 Å². The summed E-state index contributed by atoms with van der Waals surface area (Å²) in [4.78, 5) is 2.79. The van der Waals surface area contributed by atoms with Crippen LogP contribution in [0.5, 0.6) is 0 Å². The minimum absolute atomic E-state index is 0.752. The molecule has 0 radical (unpaired) electrons. The van der Waals surface area contributed by atoms with Crippen LogP contribution in [0.3, 0.4) is 0 Å². The van der Waals surface area contributed by atoms with Crippen molar-refractivity contribution < 1.29 is 0 Å². The van der Waals surface area contributed by atoms with Crippen LogP contribution in [-0.4, -0.2) is 37.1 Å². The smallest absolute Gasteiger partial charge is 0.0113 e. The van der Waals surface area contributed by atoms with Crippen LogP contribution >= 0.6 is 0 Å². The van der Waals surface area contributed by atoms with Crippen molar-refractivity contribution in [3.8, 4) is 0 Å². The van der Waals surface area contributed by atoms with Crippen LogP contribution in [0, 0.1) is 23.7 Å². The van der Waals surface area contributed by atoms with Gasteiger partial charge in [-0.25, -0.2) is 0 Å². The lowest BCUT2D eigenvalue weighted by atomic mass is 9.72. The summed E-state index contributed by atoms with van der Waals surface area (Å²) >= 11 is 0. The normalized spacial score (nSPS) is 33.6. The van der Waals surface area contributed by atoms with E-state index in [4.69, 9.17) is 0 Å². The van der Waals surface area contributed by atoms with Crippen LogP contribution in [0.1, 0.15) is 66.2 Å². The number of hydrogen-bond acceptors (Lipinski definition) is 2. The van der Waals surface area contributed by atoms with Gasteiger partial charge in [0.2, 0.25) is 0 Å². The molecule has 0 spiro atoms. The third-order valence-corrected chi connectivity index (χ3v) is 5.56. The number of nitrogens with zero attached hydrogens (tertiary/aromatic N) is 1. The van der Waals surface area contributed by atoms with E-state index >= 15 is 0 Å². The van der Waals surface area contributed by atoms with E-state index in [1.54, 1.807) is 0 Å². The monoisotopic (exact) mass is 294 g/mol. The fourth-order valence-corrected chi connectivity index (χ4v) is 4.32. The zero-order valence-electron chi connectivity index (χ0n) is 14.9. The number of rotatable bonds is 9. The molecule has 21 heavy (non-hydrogen) atoms. The maximum absolute atomic E-state index is 3.87. The zero-order chi connectivity index (χ0) is 15.2. The first-order valence-corrected chi connectivity index (χ1v) is 9.59. The molecular formula is C19H38N2. The van der Waals surface area contributed by atoms with Crippen molar-refractivity contribution in [2.75, 3.05) is 26.2 Å². The van der Waals surface area contributed by atoms with Crippen molar-refractivity contribution in [2.24, 2.45) is 23.7 Å². The van der Waals surface area contributed by atoms with E-state index in [0.29, 0.717) is 0 Å². The SMILES string of the molecule is CCCNC1CC(C)CC(C)C1CN(CCC)CC1CC1. The lowest BCUT2D eigenvalue weighted by Gasteiger charge is -2.42. The summed E-state index contributed by atoms with van der Waals surface area (Å²) in [6, 6.07) is 0.752. The van der Waals surface area contributed by atoms with Gasteiger partial charge >= 0.3 is 0 Å². The number of hydrogen-bond donors (Lipinski definition) is 1. The van der Waals surface area contributed by atoms with Crippen molar-refractivity contribution in [2.45, 2.75) is 72.3 Å². The van der Waals surface area contributed by atoms with Gasteiger partial charge in [0, 0.05) is 19.1 Å². The van der Waals surface area contributed by atoms with Crippen LogP contribution in [0.15, 0.2) is 0 Å². The van der Waals surface area contributed by atoms with E-state index in [2.05, 4.69) is 37.9 Å². The molecule has 2 aliphatic rings. The van der Waals surface area contributed by atoms with Crippen molar-refractivity contribution in [3.05, 3.63) is 0 Å². The molecule has 2 aliphatic carbocycles. The summed E-state index contributed by atoms with van der Waals surface area (Å²) < 4.78 is 0. The first kappa shape index (κ1) is 17.3. The standard InChI is InChI=1S/C19H38N2/c1-5-9-20-19-12-15(3)11-16(4)18(19)14-21(10-6-2)13-17-7-8-17/h15-20H,5-14H2,1-4H3. The van der Waals surface area contributed by atoms with E-state index in [1.807, 2.05) is 0 Å². The van der Waals surface area contributed by atoms with Crippen LogP contribution in [-0.2, 0) is 0 Å². The summed E-state index contributed by atoms with van der Waals surface area (Å²) in [5.41, 5.74) is 0. The minimum atomic E-state index is 0.752. The average Bonchev–Trinajstić information content (AvgIpc) is 3.23. The Labute approximate surface area is 133 Å². The highest BCUT2D eigenvalue weighted by Gasteiger charge is 2.35. The van der Waals surface area contributed by atoms with Crippen LogP contribution < -0.4 is 5.32 Å². The fourth-order valence-electron chi connectivity index (χ4n) is 4.32. The topological polar surface area (TPSA) is 15.3 Å². The largest absolute Gasteiger partial charge is 0.314 e. The van der Waals surface area contributed by atoms with Crippen molar-refractivity contribution in [1.29, 1.82) is 0 Å².